The number of carboxylic acid groups (broad SMARTS) is 1. The molecule has 28 heavy (non-hydrogen) atoms. The molecular formula is C24H23NO3. The molecule has 0 saturated carbocycles. The average Bonchev–Trinajstić information content (AvgIpc) is 3.07. The van der Waals surface area contributed by atoms with Gasteiger partial charge in [-0.3, -0.25) is 4.79 Å². The Bertz CT molecular complexity index is 923. The molecule has 1 amide bonds. The van der Waals surface area contributed by atoms with Gasteiger partial charge in [0.05, 0.1) is 0 Å². The van der Waals surface area contributed by atoms with Crippen LogP contribution < -0.4 is 5.32 Å². The second-order valence-electron chi connectivity index (χ2n) is 6.77. The summed E-state index contributed by atoms with van der Waals surface area (Å²) in [5.74, 6) is -1.35. The van der Waals surface area contributed by atoms with Crippen molar-refractivity contribution >= 4 is 11.9 Å². The van der Waals surface area contributed by atoms with E-state index in [0.717, 1.165) is 12.0 Å². The van der Waals surface area contributed by atoms with Crippen molar-refractivity contribution in [2.24, 2.45) is 0 Å². The molecule has 0 radical (unpaired) electrons. The zero-order valence-corrected chi connectivity index (χ0v) is 15.8. The first-order valence-electron chi connectivity index (χ1n) is 9.24. The molecule has 0 unspecified atom stereocenters. The minimum absolute atomic E-state index is 0.301. The third-order valence-electron chi connectivity index (χ3n) is 4.66. The molecule has 0 fully saturated rings. The Morgan fingerprint density at radius 3 is 1.86 bits per heavy atom. The Balaban J connectivity index is 0.000000162. The van der Waals surface area contributed by atoms with Gasteiger partial charge in [0.1, 0.15) is 6.04 Å². The minimum atomic E-state index is -1.02. The van der Waals surface area contributed by atoms with Crippen molar-refractivity contribution in [3.63, 3.8) is 0 Å². The summed E-state index contributed by atoms with van der Waals surface area (Å²) in [4.78, 5) is 21.6. The highest BCUT2D eigenvalue weighted by Gasteiger charge is 2.18. The van der Waals surface area contributed by atoms with Gasteiger partial charge in [-0.1, -0.05) is 78.9 Å². The maximum Gasteiger partial charge on any atom is 0.326 e. The van der Waals surface area contributed by atoms with E-state index in [4.69, 9.17) is 5.11 Å². The maximum absolute atomic E-state index is 10.8. The molecule has 2 N–H and O–H groups in total. The molecule has 0 spiro atoms. The average molecular weight is 373 g/mol. The van der Waals surface area contributed by atoms with Crippen LogP contribution in [0.4, 0.5) is 0 Å². The molecule has 4 nitrogen and oxygen atoms in total. The lowest BCUT2D eigenvalue weighted by molar-refractivity contribution is -0.141. The van der Waals surface area contributed by atoms with Crippen LogP contribution in [-0.4, -0.2) is 23.0 Å². The predicted octanol–water partition coefficient (Wildman–Crippen LogP) is 4.08. The van der Waals surface area contributed by atoms with E-state index in [1.807, 2.05) is 30.3 Å². The Hall–Kier alpha value is -3.40. The number of rotatable bonds is 4. The van der Waals surface area contributed by atoms with Crippen LogP contribution in [0.1, 0.15) is 23.6 Å². The third-order valence-corrected chi connectivity index (χ3v) is 4.66. The fourth-order valence-corrected chi connectivity index (χ4v) is 3.37. The Labute approximate surface area is 164 Å². The first-order valence-corrected chi connectivity index (χ1v) is 9.24. The largest absolute Gasteiger partial charge is 0.480 e. The number of nitrogens with one attached hydrogen (secondary N) is 1. The number of carbonyl (C=O) groups is 2. The van der Waals surface area contributed by atoms with Gasteiger partial charge in [0.2, 0.25) is 5.91 Å². The van der Waals surface area contributed by atoms with Crippen molar-refractivity contribution in [1.82, 2.24) is 5.32 Å². The van der Waals surface area contributed by atoms with E-state index in [0.29, 0.717) is 6.42 Å². The van der Waals surface area contributed by atoms with Crippen molar-refractivity contribution in [2.45, 2.75) is 25.8 Å². The Morgan fingerprint density at radius 2 is 1.36 bits per heavy atom. The second-order valence-corrected chi connectivity index (χ2v) is 6.77. The molecule has 0 heterocycles. The molecule has 0 aliphatic heterocycles. The van der Waals surface area contributed by atoms with Crippen molar-refractivity contribution in [2.75, 3.05) is 0 Å². The van der Waals surface area contributed by atoms with E-state index in [1.165, 1.54) is 29.2 Å². The molecule has 0 aromatic heterocycles. The van der Waals surface area contributed by atoms with Crippen molar-refractivity contribution in [1.29, 1.82) is 0 Å². The number of carboxylic acids is 1. The standard InChI is InChI=1S/C13H10.C11H13NO3/c1-3-7-12-10(5-1)9-11-6-2-4-8-13(11)12;1-8(13)12-10(11(14)15)7-9-5-3-2-4-6-9/h1-8H,9H2;2-6,10H,7H2,1H3,(H,12,13)(H,14,15)/t;10-/m.1/s1. The lowest BCUT2D eigenvalue weighted by Crippen LogP contribution is -2.41. The second kappa shape index (κ2) is 9.00. The monoisotopic (exact) mass is 373 g/mol. The first-order chi connectivity index (χ1) is 13.5. The quantitative estimate of drug-likeness (QED) is 0.567. The summed E-state index contributed by atoms with van der Waals surface area (Å²) in [5.41, 5.74) is 6.64. The number of benzene rings is 3. The molecule has 142 valence electrons. The summed E-state index contributed by atoms with van der Waals surface area (Å²) in [6, 6.07) is 25.6. The number of carbonyl (C=O) groups excluding carboxylic acids is 1. The van der Waals surface area contributed by atoms with Crippen LogP contribution in [0.25, 0.3) is 11.1 Å². The van der Waals surface area contributed by atoms with Gasteiger partial charge in [0, 0.05) is 13.3 Å². The van der Waals surface area contributed by atoms with Gasteiger partial charge < -0.3 is 10.4 Å². The van der Waals surface area contributed by atoms with Gasteiger partial charge in [0.15, 0.2) is 0 Å². The number of fused-ring (bicyclic) bond motifs is 3. The zero-order chi connectivity index (χ0) is 19.9. The number of hydrogen-bond acceptors (Lipinski definition) is 2. The minimum Gasteiger partial charge on any atom is -0.480 e. The van der Waals surface area contributed by atoms with Gasteiger partial charge >= 0.3 is 5.97 Å². The lowest BCUT2D eigenvalue weighted by atomic mass is 10.1. The molecule has 4 heteroatoms. The summed E-state index contributed by atoms with van der Waals surface area (Å²) in [6.45, 7) is 1.31. The van der Waals surface area contributed by atoms with Crippen molar-refractivity contribution < 1.29 is 14.7 Å². The van der Waals surface area contributed by atoms with Gasteiger partial charge in [-0.2, -0.15) is 0 Å². The Kier molecular flexibility index (Phi) is 6.22. The van der Waals surface area contributed by atoms with E-state index in [1.54, 1.807) is 0 Å². The SMILES string of the molecule is CC(=O)N[C@H](Cc1ccccc1)C(=O)O.c1ccc2c(c1)Cc1ccccc1-2. The molecule has 0 saturated heterocycles. The normalized spacial score (nSPS) is 12.0. The maximum atomic E-state index is 10.8. The summed E-state index contributed by atoms with van der Waals surface area (Å²) >= 11 is 0. The summed E-state index contributed by atoms with van der Waals surface area (Å²) in [7, 11) is 0. The Morgan fingerprint density at radius 1 is 0.857 bits per heavy atom. The number of hydrogen-bond donors (Lipinski definition) is 2. The topological polar surface area (TPSA) is 66.4 Å². The van der Waals surface area contributed by atoms with Crippen LogP contribution in [0, 0.1) is 0 Å². The highest BCUT2D eigenvalue weighted by molar-refractivity contribution is 5.82. The number of aliphatic carboxylic acids is 1. The molecule has 3 aromatic rings. The van der Waals surface area contributed by atoms with Crippen molar-refractivity contribution in [3.8, 4) is 11.1 Å². The van der Waals surface area contributed by atoms with Crippen LogP contribution in [0.2, 0.25) is 0 Å². The molecule has 3 aromatic carbocycles. The third kappa shape index (κ3) is 4.86. The smallest absolute Gasteiger partial charge is 0.326 e. The van der Waals surface area contributed by atoms with Crippen LogP contribution in [0.15, 0.2) is 78.9 Å². The van der Waals surface area contributed by atoms with E-state index >= 15 is 0 Å². The molecule has 1 aliphatic carbocycles. The van der Waals surface area contributed by atoms with Gasteiger partial charge in [-0.15, -0.1) is 0 Å². The van der Waals surface area contributed by atoms with Crippen LogP contribution >= 0.6 is 0 Å². The van der Waals surface area contributed by atoms with E-state index in [-0.39, 0.29) is 5.91 Å². The van der Waals surface area contributed by atoms with Crippen molar-refractivity contribution in [3.05, 3.63) is 95.6 Å². The highest BCUT2D eigenvalue weighted by atomic mass is 16.4. The summed E-state index contributed by atoms with van der Waals surface area (Å²) in [5, 5.41) is 11.3. The summed E-state index contributed by atoms with van der Waals surface area (Å²) in [6.07, 6.45) is 1.40. The molecule has 1 atom stereocenters. The van der Waals surface area contributed by atoms with E-state index in [2.05, 4.69) is 53.8 Å². The first kappa shape index (κ1) is 19.4. The number of amides is 1. The molecule has 1 aliphatic rings. The van der Waals surface area contributed by atoms with E-state index in [9.17, 15) is 9.59 Å². The van der Waals surface area contributed by atoms with Crippen LogP contribution in [0.5, 0.6) is 0 Å². The lowest BCUT2D eigenvalue weighted by Gasteiger charge is -2.12. The fourth-order valence-electron chi connectivity index (χ4n) is 3.37. The van der Waals surface area contributed by atoms with Gasteiger partial charge in [-0.05, 0) is 34.2 Å². The van der Waals surface area contributed by atoms with Gasteiger partial charge in [0.25, 0.3) is 0 Å². The highest BCUT2D eigenvalue weighted by Crippen LogP contribution is 2.35. The fraction of sp³-hybridized carbons (Fsp3) is 0.167. The molecule has 4 rings (SSSR count). The van der Waals surface area contributed by atoms with E-state index < -0.39 is 12.0 Å². The van der Waals surface area contributed by atoms with Crippen LogP contribution in [0.3, 0.4) is 0 Å². The molecule has 0 bridgehead atoms. The van der Waals surface area contributed by atoms with Crippen LogP contribution in [-0.2, 0) is 22.4 Å². The zero-order valence-electron chi connectivity index (χ0n) is 15.8. The summed E-state index contributed by atoms with van der Waals surface area (Å²) < 4.78 is 0. The predicted molar refractivity (Wildman–Crippen MR) is 110 cm³/mol. The van der Waals surface area contributed by atoms with Gasteiger partial charge in [-0.25, -0.2) is 4.79 Å². The molecular weight excluding hydrogens is 350 g/mol.